The zero-order chi connectivity index (χ0) is 23.2. The number of carboxylic acid groups (broad SMARTS) is 1. The molecule has 2 aliphatic rings. The maximum absolute atomic E-state index is 13.5. The van der Waals surface area contributed by atoms with Crippen molar-refractivity contribution < 1.29 is 19.4 Å². The molecule has 8 heteroatoms. The summed E-state index contributed by atoms with van der Waals surface area (Å²) in [6, 6.07) is 18.0. The molecule has 2 aromatic carbocycles. The number of benzene rings is 2. The number of rotatable bonds is 5. The Balaban J connectivity index is 0.000000821. The Kier molecular flexibility index (Phi) is 7.04. The molecular formula is C25H28N4O4. The third-order valence-corrected chi connectivity index (χ3v) is 6.42. The largest absolute Gasteiger partial charge is 0.497 e. The fraction of sp³-hybridized carbons (Fsp3) is 0.320. The molecule has 33 heavy (non-hydrogen) atoms. The van der Waals surface area contributed by atoms with Crippen LogP contribution in [0.15, 0.2) is 67.0 Å². The van der Waals surface area contributed by atoms with E-state index in [1.54, 1.807) is 7.11 Å². The van der Waals surface area contributed by atoms with Gasteiger partial charge in [-0.25, -0.2) is 0 Å². The van der Waals surface area contributed by atoms with Crippen molar-refractivity contribution in [3.63, 3.8) is 0 Å². The number of carbonyl (C=O) groups excluding carboxylic acids is 1. The van der Waals surface area contributed by atoms with E-state index in [1.807, 2.05) is 42.7 Å². The van der Waals surface area contributed by atoms with Crippen LogP contribution in [0.2, 0.25) is 0 Å². The molecule has 8 nitrogen and oxygen atoms in total. The highest BCUT2D eigenvalue weighted by Crippen LogP contribution is 2.45. The van der Waals surface area contributed by atoms with Gasteiger partial charge in [0, 0.05) is 49.4 Å². The van der Waals surface area contributed by atoms with Crippen molar-refractivity contribution >= 4 is 12.4 Å². The highest BCUT2D eigenvalue weighted by atomic mass is 16.5. The lowest BCUT2D eigenvalue weighted by Crippen LogP contribution is -2.35. The van der Waals surface area contributed by atoms with Crippen LogP contribution in [0.3, 0.4) is 0 Å². The number of aromatic amines is 1. The summed E-state index contributed by atoms with van der Waals surface area (Å²) < 4.78 is 5.33. The van der Waals surface area contributed by atoms with Crippen LogP contribution >= 0.6 is 0 Å². The first-order chi connectivity index (χ1) is 16.1. The van der Waals surface area contributed by atoms with Gasteiger partial charge in [0.1, 0.15) is 5.75 Å². The van der Waals surface area contributed by atoms with Crippen molar-refractivity contribution in [1.82, 2.24) is 20.0 Å². The minimum absolute atomic E-state index is 0.0820. The lowest BCUT2D eigenvalue weighted by Gasteiger charge is -2.30. The van der Waals surface area contributed by atoms with Crippen LogP contribution in [0.5, 0.6) is 5.75 Å². The molecule has 0 bridgehead atoms. The van der Waals surface area contributed by atoms with Crippen LogP contribution in [0.25, 0.3) is 0 Å². The molecule has 1 amide bonds. The van der Waals surface area contributed by atoms with E-state index in [1.165, 1.54) is 11.1 Å². The van der Waals surface area contributed by atoms with E-state index in [-0.39, 0.29) is 18.4 Å². The van der Waals surface area contributed by atoms with Crippen molar-refractivity contribution in [2.24, 2.45) is 11.8 Å². The monoisotopic (exact) mass is 448 g/mol. The smallest absolute Gasteiger partial charge is 0.290 e. The Labute approximate surface area is 192 Å². The summed E-state index contributed by atoms with van der Waals surface area (Å²) in [7, 11) is 1.63. The third kappa shape index (κ3) is 4.90. The molecule has 0 aliphatic carbocycles. The Morgan fingerprint density at radius 1 is 1.18 bits per heavy atom. The van der Waals surface area contributed by atoms with E-state index in [9.17, 15) is 4.79 Å². The number of amides is 1. The minimum Gasteiger partial charge on any atom is -0.497 e. The molecule has 0 radical (unpaired) electrons. The molecular weight excluding hydrogens is 420 g/mol. The van der Waals surface area contributed by atoms with Crippen molar-refractivity contribution in [3.8, 4) is 5.75 Å². The average Bonchev–Trinajstić information content (AvgIpc) is 3.56. The lowest BCUT2D eigenvalue weighted by molar-refractivity contribution is -0.122. The topological polar surface area (TPSA) is 98.8 Å². The number of nitrogens with one attached hydrogen (secondary N) is 1. The van der Waals surface area contributed by atoms with Crippen molar-refractivity contribution in [3.05, 3.63) is 83.7 Å². The summed E-state index contributed by atoms with van der Waals surface area (Å²) in [4.78, 5) is 26.4. The molecule has 0 unspecified atom stereocenters. The number of H-pyrrole nitrogens is 1. The number of fused-ring (bicyclic) bond motifs is 1. The van der Waals surface area contributed by atoms with Gasteiger partial charge in [0.25, 0.3) is 12.4 Å². The second kappa shape index (κ2) is 10.3. The van der Waals surface area contributed by atoms with Crippen LogP contribution in [0.4, 0.5) is 0 Å². The zero-order valence-corrected chi connectivity index (χ0v) is 18.5. The van der Waals surface area contributed by atoms with Gasteiger partial charge in [-0.3, -0.25) is 19.6 Å². The van der Waals surface area contributed by atoms with Crippen LogP contribution in [-0.4, -0.2) is 64.2 Å². The highest BCUT2D eigenvalue weighted by molar-refractivity contribution is 5.95. The van der Waals surface area contributed by atoms with Crippen LogP contribution in [-0.2, 0) is 11.3 Å². The molecule has 3 aromatic rings. The molecule has 0 saturated carbocycles. The summed E-state index contributed by atoms with van der Waals surface area (Å²) >= 11 is 0. The molecule has 0 spiro atoms. The molecule has 2 N–H and O–H groups in total. The van der Waals surface area contributed by atoms with E-state index in [0.717, 1.165) is 26.2 Å². The molecule has 172 valence electrons. The summed E-state index contributed by atoms with van der Waals surface area (Å²) in [6.07, 6.45) is 3.85. The van der Waals surface area contributed by atoms with Crippen LogP contribution < -0.4 is 4.74 Å². The van der Waals surface area contributed by atoms with Crippen LogP contribution in [0, 0.1) is 11.8 Å². The molecule has 2 fully saturated rings. The first kappa shape index (κ1) is 22.5. The predicted octanol–water partition coefficient (Wildman–Crippen LogP) is 3.06. The third-order valence-electron chi connectivity index (χ3n) is 6.42. The highest BCUT2D eigenvalue weighted by Gasteiger charge is 2.49. The number of hydrogen-bond donors (Lipinski definition) is 2. The van der Waals surface area contributed by atoms with Gasteiger partial charge in [0.05, 0.1) is 19.3 Å². The normalized spacial score (nSPS) is 21.7. The van der Waals surface area contributed by atoms with E-state index in [0.29, 0.717) is 23.1 Å². The molecule has 3 atom stereocenters. The Morgan fingerprint density at radius 2 is 1.97 bits per heavy atom. The number of aromatic nitrogens is 2. The number of ether oxygens (including phenoxy) is 1. The van der Waals surface area contributed by atoms with Gasteiger partial charge in [0.2, 0.25) is 0 Å². The number of hydrogen-bond acceptors (Lipinski definition) is 5. The van der Waals surface area contributed by atoms with Gasteiger partial charge in [-0.05, 0) is 29.7 Å². The first-order valence-electron chi connectivity index (χ1n) is 10.9. The summed E-state index contributed by atoms with van der Waals surface area (Å²) in [5, 5.41) is 13.9. The van der Waals surface area contributed by atoms with Gasteiger partial charge in [-0.2, -0.15) is 5.10 Å². The summed E-state index contributed by atoms with van der Waals surface area (Å²) in [5.41, 5.74) is 3.10. The number of methoxy groups -OCH3 is 1. The second-order valence-electron chi connectivity index (χ2n) is 8.37. The van der Waals surface area contributed by atoms with E-state index in [4.69, 9.17) is 14.6 Å². The van der Waals surface area contributed by atoms with Gasteiger partial charge in [-0.1, -0.05) is 36.4 Å². The van der Waals surface area contributed by atoms with Crippen LogP contribution in [0.1, 0.15) is 27.5 Å². The SMILES string of the molecule is COc1cccc(C(=O)N2C[C@@H]3CN(Cc4cn[nH]c4)C[C@@H]3[C@H]2c2ccccc2)c1.O=CO. The predicted molar refractivity (Wildman–Crippen MR) is 123 cm³/mol. The average molecular weight is 449 g/mol. The summed E-state index contributed by atoms with van der Waals surface area (Å²) in [5.74, 6) is 1.69. The minimum atomic E-state index is -0.250. The van der Waals surface area contributed by atoms with E-state index >= 15 is 0 Å². The van der Waals surface area contributed by atoms with Crippen molar-refractivity contribution in [2.45, 2.75) is 12.6 Å². The maximum Gasteiger partial charge on any atom is 0.290 e. The molecule has 5 rings (SSSR count). The molecule has 1 aromatic heterocycles. The molecule has 2 aliphatic heterocycles. The Bertz CT molecular complexity index is 1060. The number of carbonyl (C=O) groups is 2. The second-order valence-corrected chi connectivity index (χ2v) is 8.37. The zero-order valence-electron chi connectivity index (χ0n) is 18.5. The first-order valence-corrected chi connectivity index (χ1v) is 10.9. The van der Waals surface area contributed by atoms with Crippen molar-refractivity contribution in [1.29, 1.82) is 0 Å². The van der Waals surface area contributed by atoms with Gasteiger partial charge in [-0.15, -0.1) is 0 Å². The van der Waals surface area contributed by atoms with Gasteiger partial charge < -0.3 is 14.7 Å². The van der Waals surface area contributed by atoms with Gasteiger partial charge >= 0.3 is 0 Å². The molecule has 3 heterocycles. The van der Waals surface area contributed by atoms with E-state index < -0.39 is 0 Å². The van der Waals surface area contributed by atoms with E-state index in [2.05, 4.69) is 44.3 Å². The van der Waals surface area contributed by atoms with Gasteiger partial charge in [0.15, 0.2) is 0 Å². The fourth-order valence-corrected chi connectivity index (χ4v) is 5.10. The summed E-state index contributed by atoms with van der Waals surface area (Å²) in [6.45, 7) is 3.41. The Morgan fingerprint density at radius 3 is 2.67 bits per heavy atom. The fourth-order valence-electron chi connectivity index (χ4n) is 5.10. The maximum atomic E-state index is 13.5. The standard InChI is InChI=1S/C24H26N4O2.CH2O2/c1-30-21-9-5-8-19(10-21)24(29)28-15-20-14-27(13-17-11-25-26-12-17)16-22(20)23(28)18-6-3-2-4-7-18;2-1-3/h2-12,20,22-23H,13-16H2,1H3,(H,25,26);1H,(H,2,3)/t20-,22-,23+;/m0./s1. The quantitative estimate of drug-likeness (QED) is 0.582. The number of nitrogens with zero attached hydrogens (tertiary/aromatic N) is 3. The molecule has 2 saturated heterocycles. The Hall–Kier alpha value is -3.65. The van der Waals surface area contributed by atoms with Crippen molar-refractivity contribution in [2.75, 3.05) is 26.7 Å². The lowest BCUT2D eigenvalue weighted by atomic mass is 9.89. The number of likely N-dealkylation sites (tertiary alicyclic amines) is 2.